The van der Waals surface area contributed by atoms with Crippen LogP contribution in [-0.2, 0) is 0 Å². The van der Waals surface area contributed by atoms with Crippen LogP contribution in [-0.4, -0.2) is 49.6 Å². The molecule has 4 heteroatoms. The molecule has 4 nitrogen and oxygen atoms in total. The van der Waals surface area contributed by atoms with E-state index < -0.39 is 0 Å². The SMILES string of the molecule is CCNC(=NC)NC1CCN(C2CC2)CC1. The fourth-order valence-electron chi connectivity index (χ4n) is 2.40. The van der Waals surface area contributed by atoms with Gasteiger partial charge in [-0.1, -0.05) is 0 Å². The van der Waals surface area contributed by atoms with Crippen molar-refractivity contribution in [2.75, 3.05) is 26.7 Å². The molecule has 92 valence electrons. The normalized spacial score (nSPS) is 24.5. The zero-order valence-electron chi connectivity index (χ0n) is 10.5. The van der Waals surface area contributed by atoms with Crippen LogP contribution in [0.25, 0.3) is 0 Å². The Morgan fingerprint density at radius 2 is 1.94 bits per heavy atom. The lowest BCUT2D eigenvalue weighted by Gasteiger charge is -2.33. The second-order valence-electron chi connectivity index (χ2n) is 4.79. The lowest BCUT2D eigenvalue weighted by molar-refractivity contribution is 0.197. The van der Waals surface area contributed by atoms with Gasteiger partial charge in [0.25, 0.3) is 0 Å². The maximum atomic E-state index is 4.22. The first-order chi connectivity index (χ1) is 7.83. The maximum Gasteiger partial charge on any atom is 0.191 e. The largest absolute Gasteiger partial charge is 0.357 e. The van der Waals surface area contributed by atoms with E-state index in [1.165, 1.54) is 38.8 Å². The Labute approximate surface area is 98.5 Å². The van der Waals surface area contributed by atoms with Gasteiger partial charge in [0, 0.05) is 38.8 Å². The number of guanidine groups is 1. The van der Waals surface area contributed by atoms with Gasteiger partial charge in [-0.2, -0.15) is 0 Å². The lowest BCUT2D eigenvalue weighted by Crippen LogP contribution is -2.49. The molecule has 2 rings (SSSR count). The quantitative estimate of drug-likeness (QED) is 0.550. The average Bonchev–Trinajstić information content (AvgIpc) is 3.13. The fourth-order valence-corrected chi connectivity index (χ4v) is 2.40. The third kappa shape index (κ3) is 3.11. The summed E-state index contributed by atoms with van der Waals surface area (Å²) in [5, 5.41) is 6.75. The highest BCUT2D eigenvalue weighted by atomic mass is 15.2. The van der Waals surface area contributed by atoms with Crippen LogP contribution in [0.1, 0.15) is 32.6 Å². The average molecular weight is 224 g/mol. The number of hydrogen-bond acceptors (Lipinski definition) is 2. The van der Waals surface area contributed by atoms with Gasteiger partial charge in [-0.25, -0.2) is 0 Å². The molecule has 16 heavy (non-hydrogen) atoms. The molecule has 1 saturated heterocycles. The summed E-state index contributed by atoms with van der Waals surface area (Å²) in [6.07, 6.45) is 5.36. The van der Waals surface area contributed by atoms with Gasteiger partial charge in [0.1, 0.15) is 0 Å². The van der Waals surface area contributed by atoms with E-state index in [0.717, 1.165) is 18.5 Å². The van der Waals surface area contributed by atoms with Gasteiger partial charge in [-0.3, -0.25) is 4.99 Å². The summed E-state index contributed by atoms with van der Waals surface area (Å²) in [4.78, 5) is 6.87. The zero-order valence-corrected chi connectivity index (χ0v) is 10.5. The van der Waals surface area contributed by atoms with Crippen molar-refractivity contribution in [2.24, 2.45) is 4.99 Å². The predicted octanol–water partition coefficient (Wildman–Crippen LogP) is 0.798. The molecule has 2 fully saturated rings. The third-order valence-corrected chi connectivity index (χ3v) is 3.50. The number of rotatable bonds is 3. The maximum absolute atomic E-state index is 4.22. The standard InChI is InChI=1S/C12H24N4/c1-3-14-12(13-2)15-10-6-8-16(9-7-10)11-4-5-11/h10-11H,3-9H2,1-2H3,(H2,13,14,15). The van der Waals surface area contributed by atoms with Crippen LogP contribution in [0, 0.1) is 0 Å². The Morgan fingerprint density at radius 1 is 1.25 bits per heavy atom. The van der Waals surface area contributed by atoms with Gasteiger partial charge < -0.3 is 15.5 Å². The van der Waals surface area contributed by atoms with Crippen LogP contribution >= 0.6 is 0 Å². The molecule has 1 aliphatic heterocycles. The molecule has 1 heterocycles. The van der Waals surface area contributed by atoms with E-state index in [1.807, 2.05) is 7.05 Å². The van der Waals surface area contributed by atoms with Crippen LogP contribution < -0.4 is 10.6 Å². The molecule has 0 aromatic heterocycles. The van der Waals surface area contributed by atoms with E-state index >= 15 is 0 Å². The third-order valence-electron chi connectivity index (χ3n) is 3.50. The number of aliphatic imine (C=N–C) groups is 1. The van der Waals surface area contributed by atoms with Gasteiger partial charge in [0.15, 0.2) is 5.96 Å². The van der Waals surface area contributed by atoms with Crippen molar-refractivity contribution >= 4 is 5.96 Å². The molecule has 0 bridgehead atoms. The molecule has 0 atom stereocenters. The number of likely N-dealkylation sites (tertiary alicyclic amines) is 1. The Kier molecular flexibility index (Phi) is 4.04. The Bertz CT molecular complexity index is 239. The number of piperidine rings is 1. The second kappa shape index (κ2) is 5.53. The molecule has 2 aliphatic rings. The minimum absolute atomic E-state index is 0.604. The first-order valence-corrected chi connectivity index (χ1v) is 6.54. The van der Waals surface area contributed by atoms with Crippen LogP contribution in [0.5, 0.6) is 0 Å². The van der Waals surface area contributed by atoms with Crippen molar-refractivity contribution in [3.8, 4) is 0 Å². The van der Waals surface area contributed by atoms with Crippen LogP contribution in [0.15, 0.2) is 4.99 Å². The topological polar surface area (TPSA) is 39.7 Å². The lowest BCUT2D eigenvalue weighted by atomic mass is 10.1. The summed E-state index contributed by atoms with van der Waals surface area (Å²) >= 11 is 0. The van der Waals surface area contributed by atoms with E-state index in [1.54, 1.807) is 0 Å². The zero-order chi connectivity index (χ0) is 11.4. The summed E-state index contributed by atoms with van der Waals surface area (Å²) in [7, 11) is 1.84. The molecule has 1 aliphatic carbocycles. The summed E-state index contributed by atoms with van der Waals surface area (Å²) in [5.41, 5.74) is 0. The summed E-state index contributed by atoms with van der Waals surface area (Å²) < 4.78 is 0. The van der Waals surface area contributed by atoms with E-state index in [2.05, 4.69) is 27.4 Å². The van der Waals surface area contributed by atoms with Gasteiger partial charge in [-0.05, 0) is 32.6 Å². The van der Waals surface area contributed by atoms with Gasteiger partial charge in [-0.15, -0.1) is 0 Å². The van der Waals surface area contributed by atoms with E-state index in [0.29, 0.717) is 6.04 Å². The van der Waals surface area contributed by atoms with Crippen molar-refractivity contribution in [3.05, 3.63) is 0 Å². The van der Waals surface area contributed by atoms with Gasteiger partial charge in [0.05, 0.1) is 0 Å². The van der Waals surface area contributed by atoms with Crippen LogP contribution in [0.4, 0.5) is 0 Å². The van der Waals surface area contributed by atoms with Crippen molar-refractivity contribution < 1.29 is 0 Å². The Hall–Kier alpha value is -0.770. The summed E-state index contributed by atoms with van der Waals surface area (Å²) in [6, 6.07) is 1.53. The summed E-state index contributed by atoms with van der Waals surface area (Å²) in [6.45, 7) is 5.54. The highest BCUT2D eigenvalue weighted by Gasteiger charge is 2.31. The fraction of sp³-hybridized carbons (Fsp3) is 0.917. The highest BCUT2D eigenvalue weighted by molar-refractivity contribution is 5.79. The molecule has 0 spiro atoms. The first-order valence-electron chi connectivity index (χ1n) is 6.54. The van der Waals surface area contributed by atoms with Crippen molar-refractivity contribution in [3.63, 3.8) is 0 Å². The number of nitrogens with zero attached hydrogens (tertiary/aromatic N) is 2. The Balaban J connectivity index is 1.71. The minimum Gasteiger partial charge on any atom is -0.357 e. The predicted molar refractivity (Wildman–Crippen MR) is 67.8 cm³/mol. The van der Waals surface area contributed by atoms with E-state index in [4.69, 9.17) is 0 Å². The minimum atomic E-state index is 0.604. The molecule has 2 N–H and O–H groups in total. The molecular weight excluding hydrogens is 200 g/mol. The second-order valence-corrected chi connectivity index (χ2v) is 4.79. The molecule has 0 aromatic rings. The highest BCUT2D eigenvalue weighted by Crippen LogP contribution is 2.29. The number of nitrogens with one attached hydrogen (secondary N) is 2. The smallest absolute Gasteiger partial charge is 0.191 e. The van der Waals surface area contributed by atoms with Gasteiger partial charge >= 0.3 is 0 Å². The molecule has 0 radical (unpaired) electrons. The van der Waals surface area contributed by atoms with Crippen LogP contribution in [0.2, 0.25) is 0 Å². The monoisotopic (exact) mass is 224 g/mol. The summed E-state index contributed by atoms with van der Waals surface area (Å²) in [5.74, 6) is 0.951. The van der Waals surface area contributed by atoms with Crippen molar-refractivity contribution in [1.82, 2.24) is 15.5 Å². The van der Waals surface area contributed by atoms with Crippen molar-refractivity contribution in [1.29, 1.82) is 0 Å². The molecular formula is C12H24N4. The van der Waals surface area contributed by atoms with E-state index in [9.17, 15) is 0 Å². The molecule has 0 unspecified atom stereocenters. The molecule has 0 amide bonds. The molecule has 0 aromatic carbocycles. The van der Waals surface area contributed by atoms with Gasteiger partial charge in [0.2, 0.25) is 0 Å². The van der Waals surface area contributed by atoms with E-state index in [-0.39, 0.29) is 0 Å². The Morgan fingerprint density at radius 3 is 2.44 bits per heavy atom. The molecule has 1 saturated carbocycles. The first kappa shape index (κ1) is 11.7. The number of hydrogen-bond donors (Lipinski definition) is 2. The van der Waals surface area contributed by atoms with Crippen molar-refractivity contribution in [2.45, 2.75) is 44.7 Å². The van der Waals surface area contributed by atoms with Crippen LogP contribution in [0.3, 0.4) is 0 Å².